The van der Waals surface area contributed by atoms with E-state index in [1.165, 1.54) is 29.0 Å². The van der Waals surface area contributed by atoms with Crippen molar-refractivity contribution in [3.63, 3.8) is 0 Å². The molecule has 0 aromatic heterocycles. The van der Waals surface area contributed by atoms with E-state index in [0.717, 1.165) is 73.9 Å². The minimum Gasteiger partial charge on any atom is -0.354 e. The fraction of sp³-hybridized carbons (Fsp3) is 0.439. The van der Waals surface area contributed by atoms with Gasteiger partial charge in [-0.1, -0.05) is 66.7 Å². The molecule has 1 saturated heterocycles. The van der Waals surface area contributed by atoms with Gasteiger partial charge in [0.25, 0.3) is 0 Å². The monoisotopic (exact) mass is 699 g/mol. The number of nitrogens with one attached hydrogen (secondary N) is 1. The zero-order chi connectivity index (χ0) is 36.5. The first-order valence-electron chi connectivity index (χ1n) is 18.0. The van der Waals surface area contributed by atoms with E-state index in [-0.39, 0.29) is 24.3 Å². The average Bonchev–Trinajstić information content (AvgIpc) is 3.53. The van der Waals surface area contributed by atoms with Crippen LogP contribution in [0.25, 0.3) is 11.1 Å². The highest BCUT2D eigenvalue weighted by Gasteiger charge is 2.36. The molecule has 1 aliphatic carbocycles. The Morgan fingerprint density at radius 3 is 2.20 bits per heavy atom. The zero-order valence-electron chi connectivity index (χ0n) is 30.0. The number of likely N-dealkylation sites (N-methyl/N-ethyl adjacent to an activating group) is 2. The molecular weight excluding hydrogens is 648 g/mol. The zero-order valence-corrected chi connectivity index (χ0v) is 30.0. The highest BCUT2D eigenvalue weighted by molar-refractivity contribution is 5.95. The van der Waals surface area contributed by atoms with Gasteiger partial charge < -0.3 is 25.8 Å². The molecule has 0 bridgehead atoms. The minimum absolute atomic E-state index is 0.0384. The van der Waals surface area contributed by atoms with Gasteiger partial charge in [-0.2, -0.15) is 0 Å². The molecule has 2 aliphatic rings. The second-order valence-electron chi connectivity index (χ2n) is 14.3. The summed E-state index contributed by atoms with van der Waals surface area (Å²) in [6.07, 6.45) is 9.78. The normalized spacial score (nSPS) is 18.2. The molecule has 51 heavy (non-hydrogen) atoms. The number of nitrogens with zero attached hydrogens (tertiary/aromatic N) is 3. The summed E-state index contributed by atoms with van der Waals surface area (Å²) in [5.41, 5.74) is 9.36. The number of likely N-dealkylation sites (tertiary alicyclic amines) is 1. The Morgan fingerprint density at radius 1 is 0.902 bits per heavy atom. The first kappa shape index (κ1) is 37.8. The lowest BCUT2D eigenvalue weighted by Crippen LogP contribution is -2.56. The van der Waals surface area contributed by atoms with Gasteiger partial charge in [-0.15, -0.1) is 0 Å². The Labute approximate surface area is 300 Å². The number of carbonyl (C=O) groups excluding carboxylic acids is 3. The van der Waals surface area contributed by atoms with Crippen molar-refractivity contribution < 1.29 is 23.2 Å². The van der Waals surface area contributed by atoms with Crippen LogP contribution in [0, 0.1) is 11.6 Å². The van der Waals surface area contributed by atoms with Crippen molar-refractivity contribution >= 4 is 17.7 Å². The molecule has 272 valence electrons. The van der Waals surface area contributed by atoms with Gasteiger partial charge in [-0.3, -0.25) is 14.4 Å². The largest absolute Gasteiger partial charge is 0.354 e. The van der Waals surface area contributed by atoms with Crippen LogP contribution < -0.4 is 11.1 Å². The van der Waals surface area contributed by atoms with Gasteiger partial charge in [0.05, 0.1) is 0 Å². The molecule has 5 rings (SSSR count). The van der Waals surface area contributed by atoms with E-state index in [0.29, 0.717) is 24.6 Å². The number of nitrogens with two attached hydrogens (primary N) is 1. The molecule has 1 heterocycles. The molecule has 2 fully saturated rings. The maximum atomic E-state index is 14.5. The van der Waals surface area contributed by atoms with Gasteiger partial charge in [0.15, 0.2) is 11.6 Å². The van der Waals surface area contributed by atoms with Crippen molar-refractivity contribution in [1.29, 1.82) is 0 Å². The lowest BCUT2D eigenvalue weighted by atomic mass is 9.75. The van der Waals surface area contributed by atoms with Crippen LogP contribution in [-0.4, -0.2) is 90.3 Å². The molecule has 3 N–H and O–H groups in total. The van der Waals surface area contributed by atoms with Gasteiger partial charge in [0, 0.05) is 45.1 Å². The second-order valence-corrected chi connectivity index (χ2v) is 14.3. The molecule has 3 atom stereocenters. The van der Waals surface area contributed by atoms with Crippen LogP contribution in [0.5, 0.6) is 0 Å². The predicted molar refractivity (Wildman–Crippen MR) is 197 cm³/mol. The van der Waals surface area contributed by atoms with Crippen LogP contribution in [0.15, 0.2) is 84.9 Å². The van der Waals surface area contributed by atoms with Crippen molar-refractivity contribution in [2.24, 2.45) is 5.73 Å². The molecule has 10 heteroatoms. The number of hydrogen-bond donors (Lipinski definition) is 2. The Morgan fingerprint density at radius 2 is 1.57 bits per heavy atom. The molecule has 1 saturated carbocycles. The molecule has 3 aromatic carbocycles. The van der Waals surface area contributed by atoms with Crippen molar-refractivity contribution in [2.75, 3.05) is 34.2 Å². The Hall–Kier alpha value is -4.41. The van der Waals surface area contributed by atoms with Gasteiger partial charge in [0.2, 0.25) is 17.7 Å². The summed E-state index contributed by atoms with van der Waals surface area (Å²) in [4.78, 5) is 46.9. The Bertz CT molecular complexity index is 1680. The SMILES string of the molecule is CN1CCCC1CCNC(=O)[C@@H](Cc1ccc(F)c(F)c1)N(C)C(=O)[C@@H](Cc1ccc(-c2ccccc2)cc1)N(C)C(=O)C=CCC1(N)CCC1. The third-order valence-corrected chi connectivity index (χ3v) is 10.7. The summed E-state index contributed by atoms with van der Waals surface area (Å²) in [5.74, 6) is -3.22. The van der Waals surface area contributed by atoms with Crippen molar-refractivity contribution in [3.8, 4) is 11.1 Å². The van der Waals surface area contributed by atoms with Gasteiger partial charge in [0.1, 0.15) is 12.1 Å². The number of carbonyl (C=O) groups is 3. The van der Waals surface area contributed by atoms with Crippen LogP contribution in [0.3, 0.4) is 0 Å². The van der Waals surface area contributed by atoms with E-state index in [1.807, 2.05) is 54.6 Å². The number of benzene rings is 3. The number of amides is 3. The van der Waals surface area contributed by atoms with E-state index in [1.54, 1.807) is 13.1 Å². The highest BCUT2D eigenvalue weighted by atomic mass is 19.2. The lowest BCUT2D eigenvalue weighted by molar-refractivity contribution is -0.146. The van der Waals surface area contributed by atoms with E-state index >= 15 is 0 Å². The maximum Gasteiger partial charge on any atom is 0.246 e. The van der Waals surface area contributed by atoms with Crippen molar-refractivity contribution in [1.82, 2.24) is 20.0 Å². The maximum absolute atomic E-state index is 14.5. The summed E-state index contributed by atoms with van der Waals surface area (Å²) in [6.45, 7) is 1.42. The Balaban J connectivity index is 1.38. The van der Waals surface area contributed by atoms with Crippen molar-refractivity contribution in [3.05, 3.63) is 108 Å². The summed E-state index contributed by atoms with van der Waals surface area (Å²) in [7, 11) is 5.19. The van der Waals surface area contributed by atoms with Gasteiger partial charge >= 0.3 is 0 Å². The Kier molecular flexibility index (Phi) is 12.8. The summed E-state index contributed by atoms with van der Waals surface area (Å²) in [5, 5.41) is 3.00. The molecule has 0 spiro atoms. The van der Waals surface area contributed by atoms with Gasteiger partial charge in [-0.05, 0) is 99.0 Å². The number of halogens is 2. The molecule has 1 aliphatic heterocycles. The second kappa shape index (κ2) is 17.2. The van der Waals surface area contributed by atoms with Crippen molar-refractivity contribution in [2.45, 2.75) is 81.5 Å². The average molecular weight is 700 g/mol. The number of hydrogen-bond acceptors (Lipinski definition) is 5. The third kappa shape index (κ3) is 9.89. The summed E-state index contributed by atoms with van der Waals surface area (Å²) < 4.78 is 28.1. The molecule has 1 unspecified atom stereocenters. The van der Waals surface area contributed by atoms with Crippen LogP contribution in [0.4, 0.5) is 8.78 Å². The molecule has 3 aromatic rings. The fourth-order valence-corrected chi connectivity index (χ4v) is 7.09. The summed E-state index contributed by atoms with van der Waals surface area (Å²) >= 11 is 0. The van der Waals surface area contributed by atoms with Crippen LogP contribution in [0.1, 0.15) is 56.1 Å². The smallest absolute Gasteiger partial charge is 0.246 e. The van der Waals surface area contributed by atoms with Gasteiger partial charge in [-0.25, -0.2) is 8.78 Å². The molecule has 0 radical (unpaired) electrons. The van der Waals surface area contributed by atoms with E-state index in [9.17, 15) is 23.2 Å². The molecular formula is C41H51F2N5O3. The lowest BCUT2D eigenvalue weighted by Gasteiger charge is -2.37. The minimum atomic E-state index is -1.04. The topological polar surface area (TPSA) is 99.0 Å². The number of rotatable bonds is 15. The first-order valence-corrected chi connectivity index (χ1v) is 18.0. The van der Waals surface area contributed by atoms with E-state index in [4.69, 9.17) is 5.73 Å². The standard InChI is InChI=1S/C41H51F2N5O3/c1-46-25-8-12-33(46)20-24-45-39(50)36(28-30-16-19-34(42)35(43)26-30)48(3)40(51)37(47(2)38(49)13-7-21-41(44)22-9-23-41)27-29-14-17-32(18-15-29)31-10-5-4-6-11-31/h4-7,10-11,13-19,26,33,36-37H,8-9,12,20-25,27-28,44H2,1-3H3,(H,45,50)/t33?,36-,37-/m1/s1. The molecule has 8 nitrogen and oxygen atoms in total. The first-order chi connectivity index (χ1) is 24.4. The summed E-state index contributed by atoms with van der Waals surface area (Å²) in [6, 6.07) is 19.7. The van der Waals surface area contributed by atoms with Crippen LogP contribution in [-0.2, 0) is 27.2 Å². The highest BCUT2D eigenvalue weighted by Crippen LogP contribution is 2.32. The van der Waals surface area contributed by atoms with Crippen LogP contribution in [0.2, 0.25) is 0 Å². The molecule has 3 amide bonds. The quantitative estimate of drug-likeness (QED) is 0.204. The third-order valence-electron chi connectivity index (χ3n) is 10.7. The fourth-order valence-electron chi connectivity index (χ4n) is 7.09. The predicted octanol–water partition coefficient (Wildman–Crippen LogP) is 5.50. The van der Waals surface area contributed by atoms with E-state index in [2.05, 4.69) is 17.3 Å². The van der Waals surface area contributed by atoms with E-state index < -0.39 is 35.5 Å². The van der Waals surface area contributed by atoms with Crippen LogP contribution >= 0.6 is 0 Å².